The summed E-state index contributed by atoms with van der Waals surface area (Å²) in [4.78, 5) is 33.5. The molecule has 0 fully saturated rings. The monoisotopic (exact) mass is 506 g/mol. The van der Waals surface area contributed by atoms with Gasteiger partial charge in [0.1, 0.15) is 17.5 Å². The number of hydrogen-bond donors (Lipinski definition) is 1. The molecule has 7 nitrogen and oxygen atoms in total. The number of benzene rings is 2. The van der Waals surface area contributed by atoms with E-state index in [1.54, 1.807) is 35.7 Å². The molecule has 1 aliphatic heterocycles. The van der Waals surface area contributed by atoms with Gasteiger partial charge in [0.2, 0.25) is 5.78 Å². The first-order chi connectivity index (χ1) is 17.0. The van der Waals surface area contributed by atoms with Crippen molar-refractivity contribution in [2.45, 2.75) is 19.4 Å². The predicted molar refractivity (Wildman–Crippen MR) is 137 cm³/mol. The molecule has 2 aromatic carbocycles. The number of fused-ring (bicyclic) bond motifs is 1. The first-order valence-electron chi connectivity index (χ1n) is 10.9. The highest BCUT2D eigenvalue weighted by molar-refractivity contribution is 7.22. The number of ether oxygens (including phenoxy) is 2. The van der Waals surface area contributed by atoms with Gasteiger partial charge in [0.25, 0.3) is 5.91 Å². The van der Waals surface area contributed by atoms with Crippen LogP contribution in [0.3, 0.4) is 0 Å². The molecular weight excluding hydrogens is 484 g/mol. The number of aryl methyl sites for hydroxylation is 1. The second kappa shape index (κ2) is 9.16. The first kappa shape index (κ1) is 23.1. The van der Waals surface area contributed by atoms with Crippen molar-refractivity contribution in [1.29, 1.82) is 0 Å². The van der Waals surface area contributed by atoms with E-state index in [9.17, 15) is 14.7 Å². The third-order valence-corrected chi connectivity index (χ3v) is 7.87. The van der Waals surface area contributed by atoms with Gasteiger partial charge in [-0.15, -0.1) is 11.3 Å². The first-order valence-corrected chi connectivity index (χ1v) is 12.6. The van der Waals surface area contributed by atoms with E-state index in [-0.39, 0.29) is 5.57 Å². The average molecular weight is 507 g/mol. The number of Topliss-reactive ketones (excluding diaryl/α,β-unsaturated/α-hetero) is 1. The molecule has 0 bridgehead atoms. The van der Waals surface area contributed by atoms with Gasteiger partial charge in [-0.2, -0.15) is 0 Å². The Balaban J connectivity index is 1.73. The standard InChI is InChI=1S/C26H22N2O5S2/c1-4-14-7-9-17-20(12-14)35-26(27-17)28-22(16-13-15(32-2)8-10-18(16)33-3)21(24(30)25(28)31)23(29)19-6-5-11-34-19/h5-13,22,30H,4H2,1-3H3/t22-/m1/s1. The van der Waals surface area contributed by atoms with Crippen LogP contribution in [0.5, 0.6) is 11.5 Å². The lowest BCUT2D eigenvalue weighted by Crippen LogP contribution is -2.31. The third-order valence-electron chi connectivity index (χ3n) is 5.99. The minimum absolute atomic E-state index is 0.0162. The van der Waals surface area contributed by atoms with Gasteiger partial charge in [-0.3, -0.25) is 14.5 Å². The number of thiophene rings is 1. The van der Waals surface area contributed by atoms with Crippen molar-refractivity contribution in [3.8, 4) is 11.5 Å². The van der Waals surface area contributed by atoms with Gasteiger partial charge in [0.05, 0.1) is 34.9 Å². The summed E-state index contributed by atoms with van der Waals surface area (Å²) in [6, 6.07) is 13.6. The Morgan fingerprint density at radius 3 is 2.66 bits per heavy atom. The molecule has 35 heavy (non-hydrogen) atoms. The largest absolute Gasteiger partial charge is 0.503 e. The number of thiazole rings is 1. The topological polar surface area (TPSA) is 89.0 Å². The van der Waals surface area contributed by atoms with Crippen molar-refractivity contribution in [1.82, 2.24) is 4.98 Å². The molecule has 3 heterocycles. The summed E-state index contributed by atoms with van der Waals surface area (Å²) in [5.41, 5.74) is 2.39. The van der Waals surface area contributed by atoms with Gasteiger partial charge in [-0.05, 0) is 53.8 Å². The zero-order valence-corrected chi connectivity index (χ0v) is 20.9. The molecule has 5 rings (SSSR count). The van der Waals surface area contributed by atoms with Gasteiger partial charge in [0, 0.05) is 5.56 Å². The van der Waals surface area contributed by atoms with Crippen LogP contribution >= 0.6 is 22.7 Å². The predicted octanol–water partition coefficient (Wildman–Crippen LogP) is 5.72. The number of hydrogen-bond acceptors (Lipinski definition) is 8. The van der Waals surface area contributed by atoms with E-state index >= 15 is 0 Å². The van der Waals surface area contributed by atoms with Gasteiger partial charge in [0.15, 0.2) is 10.9 Å². The highest BCUT2D eigenvalue weighted by atomic mass is 32.1. The second-order valence-corrected chi connectivity index (χ2v) is 9.86. The van der Waals surface area contributed by atoms with Crippen molar-refractivity contribution in [3.05, 3.63) is 81.2 Å². The second-order valence-electron chi connectivity index (χ2n) is 7.91. The molecule has 4 aromatic rings. The normalized spacial score (nSPS) is 15.8. The molecule has 1 atom stereocenters. The minimum atomic E-state index is -0.951. The average Bonchev–Trinajstić information content (AvgIpc) is 3.61. The minimum Gasteiger partial charge on any atom is -0.503 e. The summed E-state index contributed by atoms with van der Waals surface area (Å²) in [6.45, 7) is 2.07. The lowest BCUT2D eigenvalue weighted by atomic mass is 9.94. The number of nitrogens with zero attached hydrogens (tertiary/aromatic N) is 2. The summed E-state index contributed by atoms with van der Waals surface area (Å²) >= 11 is 2.59. The van der Waals surface area contributed by atoms with E-state index in [1.807, 2.05) is 18.2 Å². The summed E-state index contributed by atoms with van der Waals surface area (Å²) in [5, 5.41) is 13.2. The van der Waals surface area contributed by atoms with E-state index in [2.05, 4.69) is 6.92 Å². The van der Waals surface area contributed by atoms with Gasteiger partial charge in [-0.25, -0.2) is 4.98 Å². The van der Waals surface area contributed by atoms with Crippen molar-refractivity contribution >= 4 is 49.7 Å². The van der Waals surface area contributed by atoms with Gasteiger partial charge >= 0.3 is 0 Å². The lowest BCUT2D eigenvalue weighted by molar-refractivity contribution is -0.117. The number of anilines is 1. The number of aliphatic hydroxyl groups excluding tert-OH is 1. The molecule has 0 saturated carbocycles. The van der Waals surface area contributed by atoms with Crippen LogP contribution in [0.25, 0.3) is 10.2 Å². The SMILES string of the molecule is CCc1ccc2nc(N3C(=O)C(O)=C(C(=O)c4cccs4)[C@H]3c3cc(OC)ccc3OC)sc2c1. The van der Waals surface area contributed by atoms with E-state index in [1.165, 1.54) is 41.8 Å². The molecule has 0 unspecified atom stereocenters. The quantitative estimate of drug-likeness (QED) is 0.323. The van der Waals surface area contributed by atoms with E-state index in [0.29, 0.717) is 27.1 Å². The number of aromatic nitrogens is 1. The number of carbonyl (C=O) groups is 2. The zero-order valence-electron chi connectivity index (χ0n) is 19.3. The summed E-state index contributed by atoms with van der Waals surface area (Å²) < 4.78 is 11.9. The Kier molecular flexibility index (Phi) is 6.04. The van der Waals surface area contributed by atoms with Crippen LogP contribution in [0, 0.1) is 0 Å². The molecule has 0 aliphatic carbocycles. The van der Waals surface area contributed by atoms with Crippen LogP contribution in [0.4, 0.5) is 5.13 Å². The van der Waals surface area contributed by atoms with E-state index in [0.717, 1.165) is 22.2 Å². The fraction of sp³-hybridized carbons (Fsp3) is 0.192. The van der Waals surface area contributed by atoms with Crippen LogP contribution in [0.2, 0.25) is 0 Å². The van der Waals surface area contributed by atoms with E-state index in [4.69, 9.17) is 14.5 Å². The fourth-order valence-corrected chi connectivity index (χ4v) is 5.94. The molecule has 1 amide bonds. The van der Waals surface area contributed by atoms with Crippen LogP contribution in [-0.4, -0.2) is 36.0 Å². The van der Waals surface area contributed by atoms with Crippen LogP contribution in [0.1, 0.15) is 33.8 Å². The van der Waals surface area contributed by atoms with Gasteiger partial charge in [-0.1, -0.05) is 30.4 Å². The third kappa shape index (κ3) is 3.86. The Morgan fingerprint density at radius 2 is 1.97 bits per heavy atom. The summed E-state index contributed by atoms with van der Waals surface area (Å²) in [6.07, 6.45) is 0.872. The van der Waals surface area contributed by atoms with Crippen LogP contribution in [0.15, 0.2) is 65.2 Å². The molecule has 1 aliphatic rings. The van der Waals surface area contributed by atoms with Crippen LogP contribution in [-0.2, 0) is 11.2 Å². The molecule has 9 heteroatoms. The number of rotatable bonds is 7. The smallest absolute Gasteiger partial charge is 0.296 e. The van der Waals surface area contributed by atoms with Crippen molar-refractivity contribution < 1.29 is 24.2 Å². The molecule has 0 radical (unpaired) electrons. The Bertz CT molecular complexity index is 1470. The Morgan fingerprint density at radius 1 is 1.14 bits per heavy atom. The maximum atomic E-state index is 13.6. The number of aliphatic hydroxyl groups is 1. The number of ketones is 1. The van der Waals surface area contributed by atoms with Crippen LogP contribution < -0.4 is 14.4 Å². The summed E-state index contributed by atoms with van der Waals surface area (Å²) in [7, 11) is 3.05. The Labute approximate surface area is 209 Å². The van der Waals surface area contributed by atoms with E-state index < -0.39 is 23.5 Å². The van der Waals surface area contributed by atoms with Crippen molar-refractivity contribution in [2.24, 2.45) is 0 Å². The molecule has 2 aromatic heterocycles. The summed E-state index contributed by atoms with van der Waals surface area (Å²) in [5.74, 6) is -0.715. The molecule has 1 N–H and O–H groups in total. The van der Waals surface area contributed by atoms with Crippen molar-refractivity contribution in [3.63, 3.8) is 0 Å². The maximum absolute atomic E-state index is 13.6. The zero-order chi connectivity index (χ0) is 24.7. The number of carbonyl (C=O) groups excluding carboxylic acids is 2. The molecular formula is C26H22N2O5S2. The Hall–Kier alpha value is -3.69. The van der Waals surface area contributed by atoms with Crippen molar-refractivity contribution in [2.75, 3.05) is 19.1 Å². The highest BCUT2D eigenvalue weighted by Crippen LogP contribution is 2.47. The van der Waals surface area contributed by atoms with Gasteiger partial charge < -0.3 is 14.6 Å². The lowest BCUT2D eigenvalue weighted by Gasteiger charge is -2.26. The fourth-order valence-electron chi connectivity index (χ4n) is 4.20. The number of methoxy groups -OCH3 is 2. The number of amides is 1. The molecule has 178 valence electrons. The highest BCUT2D eigenvalue weighted by Gasteiger charge is 2.47. The molecule has 0 saturated heterocycles. The molecule has 0 spiro atoms. The maximum Gasteiger partial charge on any atom is 0.296 e.